The van der Waals surface area contributed by atoms with Crippen molar-refractivity contribution in [2.24, 2.45) is 4.99 Å². The van der Waals surface area contributed by atoms with Crippen molar-refractivity contribution in [1.82, 2.24) is 10.9 Å². The van der Waals surface area contributed by atoms with Crippen molar-refractivity contribution < 1.29 is 28.8 Å². The highest BCUT2D eigenvalue weighted by Gasteiger charge is 2.53. The molecular weight excluding hydrogens is 642 g/mol. The zero-order chi connectivity index (χ0) is 35.5. The molecule has 51 heavy (non-hydrogen) atoms. The lowest BCUT2D eigenvalue weighted by Crippen LogP contribution is -2.54. The largest absolute Gasteiger partial charge is 0.497 e. The predicted molar refractivity (Wildman–Crippen MR) is 198 cm³/mol. The Labute approximate surface area is 298 Å². The van der Waals surface area contributed by atoms with Gasteiger partial charge in [0.05, 0.1) is 20.8 Å². The number of rotatable bonds is 16. The number of aliphatic hydroxyl groups is 1. The van der Waals surface area contributed by atoms with Gasteiger partial charge in [-0.25, -0.2) is 10.4 Å². The number of carbonyl (C=O) groups is 1. The highest BCUT2D eigenvalue weighted by atomic mass is 16.5. The van der Waals surface area contributed by atoms with Gasteiger partial charge in [0.25, 0.3) is 5.91 Å². The fraction of sp³-hybridized carbons (Fsp3) is 0.238. The van der Waals surface area contributed by atoms with Crippen LogP contribution >= 0.6 is 0 Å². The molecule has 0 aliphatic carbocycles. The molecule has 1 heterocycles. The number of ether oxygens (including phenoxy) is 4. The van der Waals surface area contributed by atoms with Gasteiger partial charge in [0.15, 0.2) is 11.6 Å². The molecule has 0 radical (unpaired) electrons. The molecule has 3 N–H and O–H groups in total. The molecule has 0 aromatic heterocycles. The van der Waals surface area contributed by atoms with Crippen LogP contribution in [0, 0.1) is 0 Å². The molecule has 1 aliphatic rings. The maximum Gasteiger partial charge on any atom is 0.266 e. The van der Waals surface area contributed by atoms with Gasteiger partial charge in [-0.1, -0.05) is 84.9 Å². The summed E-state index contributed by atoms with van der Waals surface area (Å²) in [6, 6.07) is 41.2. The first-order valence-electron chi connectivity index (χ1n) is 17.1. The topological polar surface area (TPSA) is 111 Å². The second-order valence-electron chi connectivity index (χ2n) is 12.2. The molecule has 0 spiro atoms. The second kappa shape index (κ2) is 16.8. The second-order valence-corrected chi connectivity index (χ2v) is 12.2. The van der Waals surface area contributed by atoms with Crippen molar-refractivity contribution in [2.75, 3.05) is 34.0 Å². The summed E-state index contributed by atoms with van der Waals surface area (Å²) in [5, 5.41) is 9.13. The van der Waals surface area contributed by atoms with E-state index in [1.54, 1.807) is 14.2 Å². The highest BCUT2D eigenvalue weighted by molar-refractivity contribution is 6.01. The fourth-order valence-corrected chi connectivity index (χ4v) is 6.20. The number of amides is 1. The molecule has 2 atom stereocenters. The van der Waals surface area contributed by atoms with Crippen LogP contribution in [0.15, 0.2) is 132 Å². The first-order valence-corrected chi connectivity index (χ1v) is 17.1. The zero-order valence-corrected chi connectivity index (χ0v) is 28.9. The molecule has 9 nitrogen and oxygen atoms in total. The molecule has 5 aromatic carbocycles. The van der Waals surface area contributed by atoms with Crippen molar-refractivity contribution in [2.45, 2.75) is 30.9 Å². The standard InChI is InChI=1S/C42H43N3O6/c1-48-37-22-23-38(49-2)35(28-37)24-25-43-45-41(47)42(29-30-10-5-3-6-11-30)39(33-16-14-32(15-17-33)31-12-7-4-8-13-31)51-40(44-42)34-18-20-36(21-19-34)50-27-9-26-46/h3-8,10-23,28,39,43,46H,9,24-27,29H2,1-2H3,(H,45,47)/t39-,42-/m0/s1. The summed E-state index contributed by atoms with van der Waals surface area (Å²) in [6.07, 6.45) is 0.676. The zero-order valence-electron chi connectivity index (χ0n) is 28.9. The molecule has 0 unspecified atom stereocenters. The Morgan fingerprint density at radius 2 is 1.47 bits per heavy atom. The quantitative estimate of drug-likeness (QED) is 0.0804. The number of aliphatic imine (C=N–C) groups is 1. The monoisotopic (exact) mass is 685 g/mol. The van der Waals surface area contributed by atoms with Gasteiger partial charge in [0.2, 0.25) is 5.90 Å². The van der Waals surface area contributed by atoms with E-state index in [0.717, 1.165) is 44.9 Å². The van der Waals surface area contributed by atoms with Crippen LogP contribution in [0.3, 0.4) is 0 Å². The van der Waals surface area contributed by atoms with E-state index in [1.807, 2.05) is 103 Å². The smallest absolute Gasteiger partial charge is 0.266 e. The van der Waals surface area contributed by atoms with Crippen LogP contribution in [-0.2, 0) is 22.4 Å². The third kappa shape index (κ3) is 8.40. The molecule has 6 rings (SSSR count). The van der Waals surface area contributed by atoms with Gasteiger partial charge in [-0.3, -0.25) is 10.2 Å². The van der Waals surface area contributed by atoms with Crippen LogP contribution in [0.1, 0.15) is 34.8 Å². The summed E-state index contributed by atoms with van der Waals surface area (Å²) in [5.74, 6) is 2.18. The number of hydrogen-bond donors (Lipinski definition) is 3. The normalized spacial score (nSPS) is 16.5. The average Bonchev–Trinajstić information content (AvgIpc) is 3.57. The summed E-state index contributed by atoms with van der Waals surface area (Å²) in [7, 11) is 3.26. The van der Waals surface area contributed by atoms with E-state index < -0.39 is 11.6 Å². The van der Waals surface area contributed by atoms with Gasteiger partial charge >= 0.3 is 0 Å². The molecule has 5 aromatic rings. The van der Waals surface area contributed by atoms with Crippen LogP contribution in [0.2, 0.25) is 0 Å². The minimum Gasteiger partial charge on any atom is -0.497 e. The number of nitrogens with one attached hydrogen (secondary N) is 2. The van der Waals surface area contributed by atoms with Crippen molar-refractivity contribution >= 4 is 11.8 Å². The maximum atomic E-state index is 14.6. The average molecular weight is 686 g/mol. The summed E-state index contributed by atoms with van der Waals surface area (Å²) in [4.78, 5) is 19.8. The Morgan fingerprint density at radius 3 is 2.16 bits per heavy atom. The Bertz CT molecular complexity index is 1900. The van der Waals surface area contributed by atoms with Gasteiger partial charge in [-0.2, -0.15) is 0 Å². The van der Waals surface area contributed by atoms with E-state index in [0.29, 0.717) is 44.1 Å². The minimum absolute atomic E-state index is 0.0616. The lowest BCUT2D eigenvalue weighted by molar-refractivity contribution is -0.130. The highest BCUT2D eigenvalue weighted by Crippen LogP contribution is 2.43. The number of aliphatic hydroxyl groups excluding tert-OH is 1. The molecule has 0 fully saturated rings. The summed E-state index contributed by atoms with van der Waals surface area (Å²) < 4.78 is 23.4. The number of nitrogens with zero attached hydrogens (tertiary/aromatic N) is 1. The van der Waals surface area contributed by atoms with Gasteiger partial charge in [0, 0.05) is 31.6 Å². The lowest BCUT2D eigenvalue weighted by atomic mass is 9.82. The van der Waals surface area contributed by atoms with Gasteiger partial charge in [-0.15, -0.1) is 0 Å². The predicted octanol–water partition coefficient (Wildman–Crippen LogP) is 6.50. The third-order valence-electron chi connectivity index (χ3n) is 8.88. The van der Waals surface area contributed by atoms with Crippen LogP contribution in [-0.4, -0.2) is 56.4 Å². The van der Waals surface area contributed by atoms with Crippen molar-refractivity contribution in [3.8, 4) is 28.4 Å². The molecule has 262 valence electrons. The number of benzene rings is 5. The summed E-state index contributed by atoms with van der Waals surface area (Å²) in [6.45, 7) is 0.903. The van der Waals surface area contributed by atoms with E-state index in [9.17, 15) is 4.79 Å². The maximum absolute atomic E-state index is 14.6. The van der Waals surface area contributed by atoms with Crippen LogP contribution < -0.4 is 25.1 Å². The number of hydrogen-bond acceptors (Lipinski definition) is 8. The van der Waals surface area contributed by atoms with E-state index in [1.165, 1.54) is 0 Å². The molecular formula is C42H43N3O6. The molecule has 0 saturated carbocycles. The summed E-state index contributed by atoms with van der Waals surface area (Å²) >= 11 is 0. The number of hydrazine groups is 1. The van der Waals surface area contributed by atoms with Gasteiger partial charge < -0.3 is 24.1 Å². The van der Waals surface area contributed by atoms with Crippen LogP contribution in [0.25, 0.3) is 11.1 Å². The first kappa shape index (κ1) is 35.2. The first-order chi connectivity index (χ1) is 25.0. The Morgan fingerprint density at radius 1 is 0.804 bits per heavy atom. The molecule has 0 bridgehead atoms. The van der Waals surface area contributed by atoms with Crippen molar-refractivity contribution in [1.29, 1.82) is 0 Å². The minimum atomic E-state index is -1.36. The van der Waals surface area contributed by atoms with E-state index >= 15 is 0 Å². The number of carbonyl (C=O) groups excluding carboxylic acids is 1. The molecule has 0 saturated heterocycles. The number of methoxy groups -OCH3 is 2. The Kier molecular flexibility index (Phi) is 11.6. The van der Waals surface area contributed by atoms with E-state index in [2.05, 4.69) is 35.1 Å². The Hall–Kier alpha value is -5.64. The third-order valence-corrected chi connectivity index (χ3v) is 8.88. The van der Waals surface area contributed by atoms with Crippen molar-refractivity contribution in [3.05, 3.63) is 150 Å². The molecule has 9 heteroatoms. The van der Waals surface area contributed by atoms with Gasteiger partial charge in [-0.05, 0) is 76.7 Å². The van der Waals surface area contributed by atoms with E-state index in [-0.39, 0.29) is 12.5 Å². The lowest BCUT2D eigenvalue weighted by Gasteiger charge is -2.31. The van der Waals surface area contributed by atoms with Crippen LogP contribution in [0.4, 0.5) is 0 Å². The van der Waals surface area contributed by atoms with E-state index in [4.69, 9.17) is 29.0 Å². The van der Waals surface area contributed by atoms with Crippen LogP contribution in [0.5, 0.6) is 17.2 Å². The SMILES string of the molecule is COc1ccc(OC)c(CCNNC(=O)[C@@]2(Cc3ccccc3)N=C(c3ccc(OCCCO)cc3)O[C@H]2c2ccc(-c3ccccc3)cc2)c1. The molecule has 1 amide bonds. The fourth-order valence-electron chi connectivity index (χ4n) is 6.20. The van der Waals surface area contributed by atoms with Crippen molar-refractivity contribution in [3.63, 3.8) is 0 Å². The van der Waals surface area contributed by atoms with Gasteiger partial charge in [0.1, 0.15) is 17.2 Å². The summed E-state index contributed by atoms with van der Waals surface area (Å²) in [5.41, 5.74) is 10.4. The molecule has 1 aliphatic heterocycles. The Balaban J connectivity index is 1.32.